The predicted molar refractivity (Wildman–Crippen MR) is 78.6 cm³/mol. The number of aromatic carboxylic acids is 1. The van der Waals surface area contributed by atoms with Gasteiger partial charge in [-0.05, 0) is 24.3 Å². The van der Waals surface area contributed by atoms with Crippen LogP contribution < -0.4 is 11.1 Å². The van der Waals surface area contributed by atoms with Crippen molar-refractivity contribution in [3.8, 4) is 0 Å². The zero-order valence-corrected chi connectivity index (χ0v) is 11.8. The molecule has 7 heteroatoms. The van der Waals surface area contributed by atoms with Crippen LogP contribution in [0.3, 0.4) is 0 Å². The monoisotopic (exact) mass is 310 g/mol. The molecule has 0 atom stereocenters. The second-order valence-corrected chi connectivity index (χ2v) is 5.42. The average Bonchev–Trinajstić information content (AvgIpc) is 2.86. The zero-order chi connectivity index (χ0) is 14.7. The molecular weight excluding hydrogens is 300 g/mol. The summed E-state index contributed by atoms with van der Waals surface area (Å²) in [5.41, 5.74) is 6.41. The van der Waals surface area contributed by atoms with E-state index in [1.165, 1.54) is 11.3 Å². The number of primary amides is 1. The average molecular weight is 311 g/mol. The Hall–Kier alpha value is -2.05. The van der Waals surface area contributed by atoms with Gasteiger partial charge < -0.3 is 16.2 Å². The van der Waals surface area contributed by atoms with Crippen LogP contribution in [0.25, 0.3) is 0 Å². The minimum absolute atomic E-state index is 0.245. The molecule has 0 fully saturated rings. The van der Waals surface area contributed by atoms with Crippen LogP contribution in [0, 0.1) is 0 Å². The first-order valence-electron chi connectivity index (χ1n) is 5.61. The van der Waals surface area contributed by atoms with Gasteiger partial charge in [0, 0.05) is 22.5 Å². The number of carboxylic acid groups (broad SMARTS) is 1. The molecule has 0 aliphatic carbocycles. The number of carbonyl (C=O) groups excluding carboxylic acids is 1. The Kier molecular flexibility index (Phi) is 4.26. The third kappa shape index (κ3) is 3.28. The molecule has 5 nitrogen and oxygen atoms in total. The summed E-state index contributed by atoms with van der Waals surface area (Å²) < 4.78 is 0. The Bertz CT molecular complexity index is 669. The highest BCUT2D eigenvalue weighted by Gasteiger charge is 2.09. The maximum Gasteiger partial charge on any atom is 0.336 e. The summed E-state index contributed by atoms with van der Waals surface area (Å²) >= 11 is 7.20. The van der Waals surface area contributed by atoms with Crippen molar-refractivity contribution >= 4 is 40.5 Å². The SMILES string of the molecule is NC(=O)c1cc(NCc2cc(C(=O)O)cs2)ccc1Cl. The van der Waals surface area contributed by atoms with Gasteiger partial charge in [-0.15, -0.1) is 11.3 Å². The lowest BCUT2D eigenvalue weighted by atomic mass is 10.2. The topological polar surface area (TPSA) is 92.4 Å². The number of anilines is 1. The molecule has 1 amide bonds. The van der Waals surface area contributed by atoms with Gasteiger partial charge in [0.05, 0.1) is 16.1 Å². The van der Waals surface area contributed by atoms with Gasteiger partial charge in [-0.2, -0.15) is 0 Å². The minimum Gasteiger partial charge on any atom is -0.478 e. The molecule has 1 heterocycles. The van der Waals surface area contributed by atoms with E-state index in [4.69, 9.17) is 22.4 Å². The summed E-state index contributed by atoms with van der Waals surface area (Å²) in [6.07, 6.45) is 0. The van der Waals surface area contributed by atoms with Gasteiger partial charge >= 0.3 is 5.97 Å². The molecule has 104 valence electrons. The normalized spacial score (nSPS) is 10.2. The molecule has 0 saturated carbocycles. The molecule has 0 unspecified atom stereocenters. The quantitative estimate of drug-likeness (QED) is 0.791. The van der Waals surface area contributed by atoms with Gasteiger partial charge in [0.1, 0.15) is 0 Å². The van der Waals surface area contributed by atoms with Crippen molar-refractivity contribution in [1.29, 1.82) is 0 Å². The molecule has 1 aromatic carbocycles. The molecule has 0 saturated heterocycles. The standard InChI is InChI=1S/C13H11ClN2O3S/c14-11-2-1-8(4-10(11)12(15)17)16-5-9-3-7(6-20-9)13(18)19/h1-4,6,16H,5H2,(H2,15,17)(H,18,19). The van der Waals surface area contributed by atoms with Crippen LogP contribution in [0.5, 0.6) is 0 Å². The van der Waals surface area contributed by atoms with Crippen LogP contribution in [0.4, 0.5) is 5.69 Å². The van der Waals surface area contributed by atoms with Crippen LogP contribution in [0.1, 0.15) is 25.6 Å². The Morgan fingerprint density at radius 1 is 1.35 bits per heavy atom. The van der Waals surface area contributed by atoms with E-state index in [9.17, 15) is 9.59 Å². The summed E-state index contributed by atoms with van der Waals surface area (Å²) in [5.74, 6) is -1.54. The number of halogens is 1. The Morgan fingerprint density at radius 3 is 2.70 bits per heavy atom. The van der Waals surface area contributed by atoms with E-state index in [0.29, 0.717) is 17.3 Å². The molecule has 0 radical (unpaired) electrons. The van der Waals surface area contributed by atoms with Gasteiger partial charge in [-0.3, -0.25) is 4.79 Å². The highest BCUT2D eigenvalue weighted by molar-refractivity contribution is 7.10. The van der Waals surface area contributed by atoms with E-state index in [1.54, 1.807) is 29.6 Å². The summed E-state index contributed by atoms with van der Waals surface area (Å²) in [6.45, 7) is 0.456. The highest BCUT2D eigenvalue weighted by Crippen LogP contribution is 2.22. The van der Waals surface area contributed by atoms with Crippen molar-refractivity contribution in [2.75, 3.05) is 5.32 Å². The molecule has 0 aliphatic heterocycles. The number of hydrogen-bond acceptors (Lipinski definition) is 4. The minimum atomic E-state index is -0.949. The van der Waals surface area contributed by atoms with E-state index in [0.717, 1.165) is 4.88 Å². The third-order valence-electron chi connectivity index (χ3n) is 2.60. The molecule has 0 spiro atoms. The number of benzene rings is 1. The second-order valence-electron chi connectivity index (χ2n) is 4.02. The Balaban J connectivity index is 2.08. The number of rotatable bonds is 5. The van der Waals surface area contributed by atoms with Crippen molar-refractivity contribution in [3.05, 3.63) is 50.7 Å². The smallest absolute Gasteiger partial charge is 0.336 e. The molecule has 4 N–H and O–H groups in total. The molecule has 1 aromatic heterocycles. The Morgan fingerprint density at radius 2 is 2.10 bits per heavy atom. The van der Waals surface area contributed by atoms with Gasteiger partial charge in [-0.25, -0.2) is 4.79 Å². The van der Waals surface area contributed by atoms with Gasteiger partial charge in [0.2, 0.25) is 5.91 Å². The van der Waals surface area contributed by atoms with E-state index in [1.807, 2.05) is 0 Å². The van der Waals surface area contributed by atoms with Crippen molar-refractivity contribution in [2.24, 2.45) is 5.73 Å². The second kappa shape index (κ2) is 5.94. The molecule has 2 rings (SSSR count). The number of carboxylic acids is 1. The molecule has 20 heavy (non-hydrogen) atoms. The Labute approximate surface area is 124 Å². The van der Waals surface area contributed by atoms with Crippen molar-refractivity contribution in [2.45, 2.75) is 6.54 Å². The first-order chi connectivity index (χ1) is 9.47. The van der Waals surface area contributed by atoms with Crippen LogP contribution in [-0.2, 0) is 6.54 Å². The van der Waals surface area contributed by atoms with Crippen molar-refractivity contribution in [3.63, 3.8) is 0 Å². The van der Waals surface area contributed by atoms with E-state index in [-0.39, 0.29) is 11.1 Å². The number of carbonyl (C=O) groups is 2. The molecule has 0 aliphatic rings. The number of nitrogens with one attached hydrogen (secondary N) is 1. The summed E-state index contributed by atoms with van der Waals surface area (Å²) in [6, 6.07) is 6.48. The van der Waals surface area contributed by atoms with Gasteiger partial charge in [0.15, 0.2) is 0 Å². The van der Waals surface area contributed by atoms with Crippen LogP contribution in [0.15, 0.2) is 29.6 Å². The lowest BCUT2D eigenvalue weighted by molar-refractivity contribution is 0.0697. The predicted octanol–water partition coefficient (Wildman–Crippen LogP) is 2.81. The fraction of sp³-hybridized carbons (Fsp3) is 0.0769. The largest absolute Gasteiger partial charge is 0.478 e. The fourth-order valence-electron chi connectivity index (χ4n) is 1.60. The van der Waals surface area contributed by atoms with Gasteiger partial charge in [-0.1, -0.05) is 11.6 Å². The fourth-order valence-corrected chi connectivity index (χ4v) is 2.61. The van der Waals surface area contributed by atoms with E-state index in [2.05, 4.69) is 5.32 Å². The first kappa shape index (κ1) is 14.4. The first-order valence-corrected chi connectivity index (χ1v) is 6.87. The molecule has 0 bridgehead atoms. The van der Waals surface area contributed by atoms with Crippen LogP contribution >= 0.6 is 22.9 Å². The molecule has 2 aromatic rings. The van der Waals surface area contributed by atoms with E-state index < -0.39 is 11.9 Å². The lowest BCUT2D eigenvalue weighted by Gasteiger charge is -2.07. The maximum absolute atomic E-state index is 11.2. The zero-order valence-electron chi connectivity index (χ0n) is 10.2. The van der Waals surface area contributed by atoms with Crippen LogP contribution in [-0.4, -0.2) is 17.0 Å². The number of nitrogens with two attached hydrogens (primary N) is 1. The maximum atomic E-state index is 11.2. The summed E-state index contributed by atoms with van der Waals surface area (Å²) in [7, 11) is 0. The van der Waals surface area contributed by atoms with E-state index >= 15 is 0 Å². The number of hydrogen-bond donors (Lipinski definition) is 3. The van der Waals surface area contributed by atoms with Crippen molar-refractivity contribution < 1.29 is 14.7 Å². The summed E-state index contributed by atoms with van der Waals surface area (Å²) in [4.78, 5) is 22.8. The highest BCUT2D eigenvalue weighted by atomic mass is 35.5. The van der Waals surface area contributed by atoms with Crippen LogP contribution in [0.2, 0.25) is 5.02 Å². The lowest BCUT2D eigenvalue weighted by Crippen LogP contribution is -2.12. The number of amides is 1. The van der Waals surface area contributed by atoms with Gasteiger partial charge in [0.25, 0.3) is 0 Å². The third-order valence-corrected chi connectivity index (χ3v) is 3.87. The summed E-state index contributed by atoms with van der Waals surface area (Å²) in [5, 5.41) is 13.8. The number of thiophene rings is 1. The van der Waals surface area contributed by atoms with Crippen molar-refractivity contribution in [1.82, 2.24) is 0 Å². The molecular formula is C13H11ClN2O3S.